The number of rotatable bonds is 4. The van der Waals surface area contributed by atoms with Crippen molar-refractivity contribution in [2.45, 2.75) is 38.1 Å². The first-order valence-electron chi connectivity index (χ1n) is 6.61. The molecule has 0 aliphatic heterocycles. The monoisotopic (exact) mass is 261 g/mol. The van der Waals surface area contributed by atoms with Gasteiger partial charge < -0.3 is 10.4 Å². The Labute approximate surface area is 112 Å². The van der Waals surface area contributed by atoms with Gasteiger partial charge in [0, 0.05) is 5.56 Å². The van der Waals surface area contributed by atoms with Crippen LogP contribution in [-0.2, 0) is 4.79 Å². The quantitative estimate of drug-likeness (QED) is 0.639. The van der Waals surface area contributed by atoms with Crippen molar-refractivity contribution in [3.8, 4) is 0 Å². The van der Waals surface area contributed by atoms with Gasteiger partial charge in [0.05, 0.1) is 12.1 Å². The molecule has 4 nitrogen and oxygen atoms in total. The van der Waals surface area contributed by atoms with Crippen LogP contribution >= 0.6 is 0 Å². The van der Waals surface area contributed by atoms with Crippen molar-refractivity contribution < 1.29 is 14.7 Å². The van der Waals surface area contributed by atoms with Crippen LogP contribution in [0.4, 0.5) is 0 Å². The smallest absolute Gasteiger partial charge is 0.292 e. The first-order valence-corrected chi connectivity index (χ1v) is 6.61. The molecule has 0 saturated heterocycles. The molecule has 0 atom stereocenters. The maximum absolute atomic E-state index is 12.0. The minimum absolute atomic E-state index is 0.111. The third kappa shape index (κ3) is 3.01. The van der Waals surface area contributed by atoms with Crippen molar-refractivity contribution in [2.75, 3.05) is 6.61 Å². The van der Waals surface area contributed by atoms with Crippen LogP contribution in [0.25, 0.3) is 0 Å². The number of amides is 1. The molecule has 0 heterocycles. The highest BCUT2D eigenvalue weighted by atomic mass is 16.3. The van der Waals surface area contributed by atoms with Gasteiger partial charge in [0.25, 0.3) is 5.91 Å². The van der Waals surface area contributed by atoms with Crippen LogP contribution in [0.15, 0.2) is 24.3 Å². The number of hydrogen-bond donors (Lipinski definition) is 2. The zero-order valence-electron chi connectivity index (χ0n) is 11.1. The maximum Gasteiger partial charge on any atom is 0.292 e. The molecule has 19 heavy (non-hydrogen) atoms. The van der Waals surface area contributed by atoms with Gasteiger partial charge in [-0.3, -0.25) is 9.59 Å². The van der Waals surface area contributed by atoms with Crippen molar-refractivity contribution in [2.24, 2.45) is 0 Å². The number of carbonyl (C=O) groups is 2. The van der Waals surface area contributed by atoms with Crippen LogP contribution in [-0.4, -0.2) is 28.9 Å². The molecule has 2 rings (SSSR count). The predicted octanol–water partition coefficient (Wildman–Crippen LogP) is 1.60. The van der Waals surface area contributed by atoms with Crippen molar-refractivity contribution in [3.05, 3.63) is 35.4 Å². The molecular weight excluding hydrogens is 242 g/mol. The number of Topliss-reactive ketones (excluding diaryl/α,β-unsaturated/α-hetero) is 1. The Morgan fingerprint density at radius 2 is 1.79 bits per heavy atom. The number of carbonyl (C=O) groups excluding carboxylic acids is 2. The van der Waals surface area contributed by atoms with Crippen LogP contribution in [0.3, 0.4) is 0 Å². The van der Waals surface area contributed by atoms with Crippen molar-refractivity contribution in [1.82, 2.24) is 5.32 Å². The van der Waals surface area contributed by atoms with Crippen LogP contribution in [0.1, 0.15) is 41.6 Å². The second kappa shape index (κ2) is 5.53. The zero-order valence-corrected chi connectivity index (χ0v) is 11.1. The van der Waals surface area contributed by atoms with Gasteiger partial charge in [-0.05, 0) is 19.8 Å². The van der Waals surface area contributed by atoms with E-state index in [0.29, 0.717) is 5.56 Å². The molecule has 4 heteroatoms. The Hall–Kier alpha value is -1.68. The van der Waals surface area contributed by atoms with Crippen molar-refractivity contribution in [1.29, 1.82) is 0 Å². The van der Waals surface area contributed by atoms with Crippen LogP contribution in [0.5, 0.6) is 0 Å². The number of benzene rings is 1. The minimum Gasteiger partial charge on any atom is -0.394 e. The second-order valence-electron chi connectivity index (χ2n) is 5.29. The summed E-state index contributed by atoms with van der Waals surface area (Å²) in [7, 11) is 0. The first kappa shape index (κ1) is 13.7. The maximum atomic E-state index is 12.0. The van der Waals surface area contributed by atoms with Gasteiger partial charge in [-0.2, -0.15) is 0 Å². The number of aliphatic hydroxyl groups excluding tert-OH is 1. The third-order valence-electron chi connectivity index (χ3n) is 3.76. The van der Waals surface area contributed by atoms with E-state index in [-0.39, 0.29) is 6.61 Å². The second-order valence-corrected chi connectivity index (χ2v) is 5.29. The predicted molar refractivity (Wildman–Crippen MR) is 71.9 cm³/mol. The Bertz CT molecular complexity index is 473. The molecule has 0 aromatic heterocycles. The van der Waals surface area contributed by atoms with E-state index in [1.807, 2.05) is 6.92 Å². The molecule has 1 aromatic rings. The SMILES string of the molecule is Cc1ccc(C(=O)C(=O)NC2(CO)CCCC2)cc1. The first-order chi connectivity index (χ1) is 9.06. The van der Waals surface area contributed by atoms with E-state index in [1.165, 1.54) is 0 Å². The normalized spacial score (nSPS) is 17.2. The molecule has 1 aliphatic carbocycles. The fourth-order valence-electron chi connectivity index (χ4n) is 2.51. The minimum atomic E-state index is -0.625. The topological polar surface area (TPSA) is 66.4 Å². The highest BCUT2D eigenvalue weighted by molar-refractivity contribution is 6.42. The lowest BCUT2D eigenvalue weighted by Crippen LogP contribution is -2.51. The zero-order chi connectivity index (χ0) is 13.9. The highest BCUT2D eigenvalue weighted by Gasteiger charge is 2.36. The number of nitrogens with one attached hydrogen (secondary N) is 1. The number of ketones is 1. The molecule has 0 radical (unpaired) electrons. The summed E-state index contributed by atoms with van der Waals surface area (Å²) in [6.45, 7) is 1.81. The van der Waals surface area contributed by atoms with E-state index in [0.717, 1.165) is 31.2 Å². The van der Waals surface area contributed by atoms with Crippen molar-refractivity contribution in [3.63, 3.8) is 0 Å². The Balaban J connectivity index is 2.07. The number of hydrogen-bond acceptors (Lipinski definition) is 3. The van der Waals surface area contributed by atoms with Gasteiger partial charge in [-0.1, -0.05) is 42.7 Å². The molecular formula is C15H19NO3. The molecule has 1 aromatic carbocycles. The lowest BCUT2D eigenvalue weighted by atomic mass is 9.98. The summed E-state index contributed by atoms with van der Waals surface area (Å²) < 4.78 is 0. The van der Waals surface area contributed by atoms with Gasteiger partial charge in [0.2, 0.25) is 5.78 Å². The molecule has 0 bridgehead atoms. The van der Waals surface area contributed by atoms with E-state index in [1.54, 1.807) is 24.3 Å². The lowest BCUT2D eigenvalue weighted by Gasteiger charge is -2.27. The van der Waals surface area contributed by atoms with E-state index in [4.69, 9.17) is 0 Å². The Morgan fingerprint density at radius 3 is 2.32 bits per heavy atom. The van der Waals surface area contributed by atoms with E-state index in [9.17, 15) is 14.7 Å². The lowest BCUT2D eigenvalue weighted by molar-refractivity contribution is -0.119. The van der Waals surface area contributed by atoms with Crippen LogP contribution in [0.2, 0.25) is 0 Å². The van der Waals surface area contributed by atoms with Gasteiger partial charge in [0.15, 0.2) is 0 Å². The molecule has 1 fully saturated rings. The standard InChI is InChI=1S/C15H19NO3/c1-11-4-6-12(7-5-11)13(18)14(19)16-15(10-17)8-2-3-9-15/h4-7,17H,2-3,8-10H2,1H3,(H,16,19). The largest absolute Gasteiger partial charge is 0.394 e. The molecule has 1 saturated carbocycles. The molecule has 0 unspecified atom stereocenters. The highest BCUT2D eigenvalue weighted by Crippen LogP contribution is 2.29. The van der Waals surface area contributed by atoms with Crippen LogP contribution in [0, 0.1) is 6.92 Å². The van der Waals surface area contributed by atoms with Gasteiger partial charge in [-0.15, -0.1) is 0 Å². The summed E-state index contributed by atoms with van der Waals surface area (Å²) in [4.78, 5) is 24.0. The molecule has 2 N–H and O–H groups in total. The van der Waals surface area contributed by atoms with Gasteiger partial charge in [-0.25, -0.2) is 0 Å². The van der Waals surface area contributed by atoms with Crippen molar-refractivity contribution >= 4 is 11.7 Å². The molecule has 0 spiro atoms. The number of aryl methyl sites for hydroxylation is 1. The molecule has 1 amide bonds. The Morgan fingerprint density at radius 1 is 1.21 bits per heavy atom. The fourth-order valence-corrected chi connectivity index (χ4v) is 2.51. The van der Waals surface area contributed by atoms with Gasteiger partial charge in [0.1, 0.15) is 0 Å². The van der Waals surface area contributed by atoms with E-state index >= 15 is 0 Å². The summed E-state index contributed by atoms with van der Waals surface area (Å²) in [6, 6.07) is 6.91. The van der Waals surface area contributed by atoms with Crippen LogP contribution < -0.4 is 5.32 Å². The van der Waals surface area contributed by atoms with E-state index < -0.39 is 17.2 Å². The third-order valence-corrected chi connectivity index (χ3v) is 3.76. The summed E-state index contributed by atoms with van der Waals surface area (Å²) in [5, 5.41) is 12.1. The summed E-state index contributed by atoms with van der Waals surface area (Å²) in [5.74, 6) is -1.17. The molecule has 1 aliphatic rings. The summed E-state index contributed by atoms with van der Waals surface area (Å²) in [5.41, 5.74) is 0.825. The average Bonchev–Trinajstić information content (AvgIpc) is 2.88. The summed E-state index contributed by atoms with van der Waals surface area (Å²) >= 11 is 0. The van der Waals surface area contributed by atoms with Gasteiger partial charge >= 0.3 is 0 Å². The van der Waals surface area contributed by atoms with E-state index in [2.05, 4.69) is 5.32 Å². The number of aliphatic hydroxyl groups is 1. The summed E-state index contributed by atoms with van der Waals surface area (Å²) in [6.07, 6.45) is 3.41. The Kier molecular flexibility index (Phi) is 4.00. The molecule has 102 valence electrons. The average molecular weight is 261 g/mol. The fraction of sp³-hybridized carbons (Fsp3) is 0.467.